The minimum Gasteiger partial charge on any atom is -0.482 e. The third-order valence-corrected chi connectivity index (χ3v) is 6.40. The highest BCUT2D eigenvalue weighted by atomic mass is 32.2. The number of carboxylic acids is 1. The minimum absolute atomic E-state index is 0.131. The van der Waals surface area contributed by atoms with Crippen molar-refractivity contribution in [3.05, 3.63) is 65.0 Å². The number of rotatable bonds is 10. The highest BCUT2D eigenvalue weighted by molar-refractivity contribution is 8.00. The zero-order chi connectivity index (χ0) is 25.5. The Balaban J connectivity index is 1.51. The van der Waals surface area contributed by atoms with Gasteiger partial charge in [0, 0.05) is 37.4 Å². The predicted octanol–water partition coefficient (Wildman–Crippen LogP) is 2.05. The lowest BCUT2D eigenvalue weighted by Gasteiger charge is -2.24. The molecule has 35 heavy (non-hydrogen) atoms. The van der Waals surface area contributed by atoms with Gasteiger partial charge in [-0.2, -0.15) is 0 Å². The summed E-state index contributed by atoms with van der Waals surface area (Å²) in [4.78, 5) is 37.4. The van der Waals surface area contributed by atoms with Gasteiger partial charge in [0.1, 0.15) is 11.6 Å². The van der Waals surface area contributed by atoms with Crippen LogP contribution in [0.2, 0.25) is 0 Å². The third-order valence-electron chi connectivity index (χ3n) is 5.20. The van der Waals surface area contributed by atoms with E-state index < -0.39 is 47.4 Å². The molecule has 12 heteroatoms. The molecule has 8 nitrogen and oxygen atoms in total. The van der Waals surface area contributed by atoms with Crippen LogP contribution < -0.4 is 15.8 Å². The van der Waals surface area contributed by atoms with Gasteiger partial charge in [-0.25, -0.2) is 18.0 Å². The molecule has 2 aromatic carbocycles. The molecule has 0 saturated carbocycles. The summed E-state index contributed by atoms with van der Waals surface area (Å²) in [5.74, 6) is -4.37. The molecule has 0 radical (unpaired) electrons. The van der Waals surface area contributed by atoms with Crippen LogP contribution in [0.4, 0.5) is 13.2 Å². The van der Waals surface area contributed by atoms with Crippen LogP contribution in [0.3, 0.4) is 0 Å². The summed E-state index contributed by atoms with van der Waals surface area (Å²) in [5.41, 5.74) is 6.57. The normalized spacial score (nSPS) is 16.1. The van der Waals surface area contributed by atoms with Crippen LogP contribution in [-0.4, -0.2) is 58.1 Å². The van der Waals surface area contributed by atoms with E-state index in [9.17, 15) is 27.6 Å². The molecule has 4 N–H and O–H groups in total. The van der Waals surface area contributed by atoms with Gasteiger partial charge >= 0.3 is 5.97 Å². The molecule has 188 valence electrons. The summed E-state index contributed by atoms with van der Waals surface area (Å²) >= 11 is 1.30. The summed E-state index contributed by atoms with van der Waals surface area (Å²) in [6.45, 7) is 0.0632. The van der Waals surface area contributed by atoms with E-state index in [1.807, 2.05) is 0 Å². The standard InChI is InChI=1S/C23H24F3N3O5S/c24-17-10-19(26)18(25)8-14(17)7-15(27)9-20(30)29-5-6-35-23(29)22(33)28-11-13-1-3-16(4-2-13)34-12-21(31)32/h1-4,8,10,15,23H,5-7,9,11-12,27H2,(H,28,33)(H,31,32). The van der Waals surface area contributed by atoms with Crippen LogP contribution in [0.5, 0.6) is 5.75 Å². The Morgan fingerprint density at radius 2 is 1.83 bits per heavy atom. The monoisotopic (exact) mass is 511 g/mol. The Morgan fingerprint density at radius 3 is 2.51 bits per heavy atom. The van der Waals surface area contributed by atoms with Gasteiger partial charge in [-0.1, -0.05) is 12.1 Å². The molecule has 3 rings (SSSR count). The highest BCUT2D eigenvalue weighted by Crippen LogP contribution is 2.25. The zero-order valence-electron chi connectivity index (χ0n) is 18.5. The number of carbonyl (C=O) groups excluding carboxylic acids is 2. The maximum atomic E-state index is 13.9. The number of nitrogens with zero attached hydrogens (tertiary/aromatic N) is 1. The molecule has 1 heterocycles. The number of carboxylic acid groups (broad SMARTS) is 1. The lowest BCUT2D eigenvalue weighted by Crippen LogP contribution is -2.46. The van der Waals surface area contributed by atoms with Crippen molar-refractivity contribution in [1.82, 2.24) is 10.2 Å². The van der Waals surface area contributed by atoms with E-state index in [1.54, 1.807) is 24.3 Å². The van der Waals surface area contributed by atoms with Gasteiger partial charge in [0.05, 0.1) is 0 Å². The number of hydrogen-bond acceptors (Lipinski definition) is 6. The fourth-order valence-electron chi connectivity index (χ4n) is 3.48. The molecule has 0 spiro atoms. The molecule has 2 aromatic rings. The molecule has 0 aromatic heterocycles. The fourth-order valence-corrected chi connectivity index (χ4v) is 4.65. The number of halogens is 3. The maximum Gasteiger partial charge on any atom is 0.341 e. The molecular formula is C23H24F3N3O5S. The molecular weight excluding hydrogens is 487 g/mol. The van der Waals surface area contributed by atoms with E-state index >= 15 is 0 Å². The Morgan fingerprint density at radius 1 is 1.14 bits per heavy atom. The number of aliphatic carboxylic acids is 1. The molecule has 1 aliphatic rings. The second-order valence-corrected chi connectivity index (χ2v) is 9.07. The molecule has 1 aliphatic heterocycles. The number of amides is 2. The maximum absolute atomic E-state index is 13.9. The summed E-state index contributed by atoms with van der Waals surface area (Å²) in [5, 5.41) is 10.6. The topological polar surface area (TPSA) is 122 Å². The molecule has 0 bridgehead atoms. The van der Waals surface area contributed by atoms with E-state index in [0.29, 0.717) is 24.1 Å². The van der Waals surface area contributed by atoms with Gasteiger partial charge in [0.15, 0.2) is 23.6 Å². The highest BCUT2D eigenvalue weighted by Gasteiger charge is 2.35. The van der Waals surface area contributed by atoms with Crippen molar-refractivity contribution in [2.24, 2.45) is 5.73 Å². The van der Waals surface area contributed by atoms with Crippen LogP contribution in [-0.2, 0) is 27.3 Å². The van der Waals surface area contributed by atoms with Gasteiger partial charge in [-0.15, -0.1) is 11.8 Å². The minimum atomic E-state index is -1.30. The summed E-state index contributed by atoms with van der Waals surface area (Å²) in [6, 6.07) is 6.84. The predicted molar refractivity (Wildman–Crippen MR) is 122 cm³/mol. The molecule has 0 aliphatic carbocycles. The Kier molecular flexibility index (Phi) is 8.99. The summed E-state index contributed by atoms with van der Waals surface area (Å²) in [7, 11) is 0. The van der Waals surface area contributed by atoms with Crippen molar-refractivity contribution in [2.75, 3.05) is 18.9 Å². The number of hydrogen-bond donors (Lipinski definition) is 3. The molecule has 1 fully saturated rings. The van der Waals surface area contributed by atoms with E-state index in [4.69, 9.17) is 15.6 Å². The van der Waals surface area contributed by atoms with Crippen molar-refractivity contribution in [2.45, 2.75) is 30.8 Å². The van der Waals surface area contributed by atoms with E-state index in [-0.39, 0.29) is 30.9 Å². The van der Waals surface area contributed by atoms with Crippen LogP contribution in [0.15, 0.2) is 36.4 Å². The molecule has 2 amide bonds. The molecule has 1 saturated heterocycles. The Bertz CT molecular complexity index is 1090. The van der Waals surface area contributed by atoms with Gasteiger partial charge in [0.25, 0.3) is 5.91 Å². The number of carbonyl (C=O) groups is 3. The van der Waals surface area contributed by atoms with Crippen LogP contribution in [0, 0.1) is 17.5 Å². The summed E-state index contributed by atoms with van der Waals surface area (Å²) < 4.78 is 45.4. The number of nitrogens with two attached hydrogens (primary N) is 1. The number of nitrogens with one attached hydrogen (secondary N) is 1. The van der Waals surface area contributed by atoms with Crippen molar-refractivity contribution in [1.29, 1.82) is 0 Å². The first-order chi connectivity index (χ1) is 16.6. The third kappa shape index (κ3) is 7.36. The van der Waals surface area contributed by atoms with Crippen LogP contribution >= 0.6 is 11.8 Å². The van der Waals surface area contributed by atoms with Gasteiger partial charge in [-0.3, -0.25) is 9.59 Å². The van der Waals surface area contributed by atoms with Crippen molar-refractivity contribution < 1.29 is 37.4 Å². The van der Waals surface area contributed by atoms with Crippen molar-refractivity contribution >= 4 is 29.5 Å². The Hall–Kier alpha value is -3.25. The van der Waals surface area contributed by atoms with Crippen LogP contribution in [0.1, 0.15) is 17.5 Å². The first-order valence-electron chi connectivity index (χ1n) is 10.7. The van der Waals surface area contributed by atoms with Crippen molar-refractivity contribution in [3.63, 3.8) is 0 Å². The number of thioether (sulfide) groups is 1. The first kappa shape index (κ1) is 26.4. The number of ether oxygens (including phenoxy) is 1. The molecule has 2 atom stereocenters. The lowest BCUT2D eigenvalue weighted by molar-refractivity contribution is -0.139. The number of benzene rings is 2. The first-order valence-corrected chi connectivity index (χ1v) is 11.7. The van der Waals surface area contributed by atoms with Gasteiger partial charge in [-0.05, 0) is 35.7 Å². The average Bonchev–Trinajstić information content (AvgIpc) is 3.30. The van der Waals surface area contributed by atoms with Gasteiger partial charge in [0.2, 0.25) is 5.91 Å². The Labute approximate surface area is 203 Å². The zero-order valence-corrected chi connectivity index (χ0v) is 19.3. The fraction of sp³-hybridized carbons (Fsp3) is 0.348. The second kappa shape index (κ2) is 11.9. The van der Waals surface area contributed by atoms with E-state index in [2.05, 4.69) is 5.32 Å². The SMILES string of the molecule is NC(CC(=O)N1CCSC1C(=O)NCc1ccc(OCC(=O)O)cc1)Cc1cc(F)c(F)cc1F. The summed E-state index contributed by atoms with van der Waals surface area (Å²) in [6.07, 6.45) is -0.362. The van der Waals surface area contributed by atoms with Crippen molar-refractivity contribution in [3.8, 4) is 5.75 Å². The average molecular weight is 512 g/mol. The smallest absolute Gasteiger partial charge is 0.341 e. The second-order valence-electron chi connectivity index (χ2n) is 7.88. The largest absolute Gasteiger partial charge is 0.482 e. The quantitative estimate of drug-likeness (QED) is 0.418. The van der Waals surface area contributed by atoms with Gasteiger partial charge < -0.3 is 25.8 Å². The van der Waals surface area contributed by atoms with Crippen LogP contribution in [0.25, 0.3) is 0 Å². The van der Waals surface area contributed by atoms with E-state index in [1.165, 1.54) is 16.7 Å². The van der Waals surface area contributed by atoms with E-state index in [0.717, 1.165) is 11.6 Å². The molecule has 2 unspecified atom stereocenters. The lowest BCUT2D eigenvalue weighted by atomic mass is 10.0.